The molecule has 6 rings (SSSR count). The van der Waals surface area contributed by atoms with Crippen LogP contribution in [-0.4, -0.2) is 59.3 Å². The van der Waals surface area contributed by atoms with Crippen LogP contribution in [0.3, 0.4) is 0 Å². The van der Waals surface area contributed by atoms with Crippen LogP contribution < -0.4 is 5.32 Å². The van der Waals surface area contributed by atoms with E-state index in [1.54, 1.807) is 22.0 Å². The summed E-state index contributed by atoms with van der Waals surface area (Å²) in [6.45, 7) is 9.27. The molecule has 2 aliphatic rings. The Morgan fingerprint density at radius 3 is 2.52 bits per heavy atom. The molecule has 1 saturated carbocycles. The maximum absolute atomic E-state index is 14.0. The second-order valence-corrected chi connectivity index (χ2v) is 12.5. The van der Waals surface area contributed by atoms with Gasteiger partial charge in [0.05, 0.1) is 5.52 Å². The minimum atomic E-state index is -0.616. The van der Waals surface area contributed by atoms with Crippen LogP contribution in [0.15, 0.2) is 41.3 Å². The van der Waals surface area contributed by atoms with Crippen LogP contribution in [-0.2, 0) is 22.6 Å². The van der Waals surface area contributed by atoms with Crippen molar-refractivity contribution in [1.29, 1.82) is 0 Å². The number of piperidine rings is 1. The van der Waals surface area contributed by atoms with Gasteiger partial charge < -0.3 is 10.2 Å². The number of nitrogens with zero attached hydrogens (tertiary/aromatic N) is 6. The number of rotatable bonds is 7. The van der Waals surface area contributed by atoms with Gasteiger partial charge in [0.1, 0.15) is 34.5 Å². The maximum Gasteiger partial charge on any atom is 0.248 e. The number of hydrogen-bond acceptors (Lipinski definition) is 7. The van der Waals surface area contributed by atoms with Gasteiger partial charge in [-0.15, -0.1) is 0 Å². The first kappa shape index (κ1) is 28.1. The van der Waals surface area contributed by atoms with E-state index in [4.69, 9.17) is 0 Å². The molecule has 2 amide bonds. The molecule has 216 valence electrons. The summed E-state index contributed by atoms with van der Waals surface area (Å²) in [5.74, 6) is 0.516. The summed E-state index contributed by atoms with van der Waals surface area (Å²) in [5, 5.41) is 8.27. The third kappa shape index (κ3) is 4.89. The van der Waals surface area contributed by atoms with Crippen LogP contribution in [0.4, 0.5) is 5.82 Å². The quantitative estimate of drug-likeness (QED) is 0.224. The van der Waals surface area contributed by atoms with Gasteiger partial charge in [-0.3, -0.25) is 19.1 Å². The highest BCUT2D eigenvalue weighted by atomic mass is 79.9. The molecule has 4 aromatic rings. The number of anilines is 1. The fourth-order valence-electron chi connectivity index (χ4n) is 6.16. The number of Topliss-reactive ketones (excluding diaryl/α,β-unsaturated/α-hetero) is 1. The number of pyridine rings is 1. The van der Waals surface area contributed by atoms with Crippen molar-refractivity contribution >= 4 is 50.2 Å². The van der Waals surface area contributed by atoms with Crippen LogP contribution in [0.5, 0.6) is 0 Å². The molecule has 2 fully saturated rings. The fraction of sp³-hybridized carbons (Fsp3) is 0.387. The lowest BCUT2D eigenvalue weighted by Crippen LogP contribution is -2.47. The topological polar surface area (TPSA) is 123 Å². The van der Waals surface area contributed by atoms with Crippen LogP contribution in [0.25, 0.3) is 22.0 Å². The summed E-state index contributed by atoms with van der Waals surface area (Å²) in [6, 6.07) is 7.03. The lowest BCUT2D eigenvalue weighted by Gasteiger charge is -2.27. The molecule has 1 aliphatic heterocycles. The zero-order chi connectivity index (χ0) is 29.9. The van der Waals surface area contributed by atoms with Gasteiger partial charge in [0, 0.05) is 36.3 Å². The number of ketones is 1. The summed E-state index contributed by atoms with van der Waals surface area (Å²) >= 11 is 3.36. The number of hydrogen-bond donors (Lipinski definition) is 1. The number of likely N-dealkylation sites (tertiary alicyclic amines) is 1. The Bertz CT molecular complexity index is 1770. The van der Waals surface area contributed by atoms with Gasteiger partial charge in [-0.05, 0) is 89.3 Å². The molecule has 0 unspecified atom stereocenters. The molecule has 1 saturated heterocycles. The van der Waals surface area contributed by atoms with Crippen LogP contribution in [0, 0.1) is 19.3 Å². The summed E-state index contributed by atoms with van der Waals surface area (Å²) in [4.78, 5) is 55.0. The Balaban J connectivity index is 1.34. The van der Waals surface area contributed by atoms with Gasteiger partial charge in [0.2, 0.25) is 11.8 Å². The smallest absolute Gasteiger partial charge is 0.248 e. The number of amides is 2. The highest BCUT2D eigenvalue weighted by Gasteiger charge is 2.64. The lowest BCUT2D eigenvalue weighted by molar-refractivity contribution is -0.138. The van der Waals surface area contributed by atoms with Gasteiger partial charge in [0.25, 0.3) is 0 Å². The highest BCUT2D eigenvalue weighted by Crippen LogP contribution is 2.59. The van der Waals surface area contributed by atoms with Crippen molar-refractivity contribution in [2.75, 3.05) is 5.32 Å². The average molecular weight is 631 g/mol. The number of nitrogens with one attached hydrogen (secondary N) is 1. The van der Waals surface area contributed by atoms with Crippen molar-refractivity contribution < 1.29 is 14.4 Å². The van der Waals surface area contributed by atoms with E-state index in [2.05, 4.69) is 48.2 Å². The highest BCUT2D eigenvalue weighted by molar-refractivity contribution is 9.10. The standard InChI is InChI=1S/C31H32BrN7O3/c1-6-19-9-20(21-13-33-18(4)34-14-21)10-22-27(17(3)40)37-38(28(19)22)15-26(41)39-23(11-31(5)12-24(31)39)30(42)36-29-16(2)7-8-25(32)35-29/h7-10,13-14,23-24H,6,11-12,15H2,1-5H3,(H,35,36,42)/t23-,24+,31-/m0/s1. The van der Waals surface area contributed by atoms with E-state index in [1.165, 1.54) is 6.92 Å². The monoisotopic (exact) mass is 629 g/mol. The first-order valence-corrected chi connectivity index (χ1v) is 14.9. The van der Waals surface area contributed by atoms with Crippen molar-refractivity contribution in [3.8, 4) is 11.1 Å². The van der Waals surface area contributed by atoms with E-state index in [-0.39, 0.29) is 35.6 Å². The SMILES string of the molecule is CCc1cc(-c2cnc(C)nc2)cc2c(C(C)=O)nn(CC(=O)N3[C@H](C(=O)Nc4nc(Br)ccc4C)C[C@@]4(C)C[C@@H]34)c12. The summed E-state index contributed by atoms with van der Waals surface area (Å²) < 4.78 is 2.25. The number of benzene rings is 1. The van der Waals surface area contributed by atoms with Crippen molar-refractivity contribution in [1.82, 2.24) is 29.6 Å². The Kier molecular flexibility index (Phi) is 6.95. The zero-order valence-electron chi connectivity index (χ0n) is 24.2. The molecule has 3 atom stereocenters. The first-order valence-electron chi connectivity index (χ1n) is 14.1. The van der Waals surface area contributed by atoms with Gasteiger partial charge in [-0.2, -0.15) is 5.10 Å². The predicted octanol–water partition coefficient (Wildman–Crippen LogP) is 5.05. The summed E-state index contributed by atoms with van der Waals surface area (Å²) in [6.07, 6.45) is 5.64. The molecule has 0 radical (unpaired) electrons. The van der Waals surface area contributed by atoms with Gasteiger partial charge in [0.15, 0.2) is 5.78 Å². The van der Waals surface area contributed by atoms with Gasteiger partial charge >= 0.3 is 0 Å². The number of carbonyl (C=O) groups is 3. The predicted molar refractivity (Wildman–Crippen MR) is 162 cm³/mol. The van der Waals surface area contributed by atoms with Crippen LogP contribution in [0.1, 0.15) is 61.1 Å². The van der Waals surface area contributed by atoms with Crippen molar-refractivity contribution in [3.05, 3.63) is 63.9 Å². The summed E-state index contributed by atoms with van der Waals surface area (Å²) in [5.41, 5.74) is 4.49. The van der Waals surface area contributed by atoms with E-state index in [9.17, 15) is 14.4 Å². The second kappa shape index (κ2) is 10.4. The van der Waals surface area contributed by atoms with E-state index < -0.39 is 6.04 Å². The van der Waals surface area contributed by atoms with Crippen LogP contribution in [0.2, 0.25) is 0 Å². The third-order valence-electron chi connectivity index (χ3n) is 8.57. The number of carbonyl (C=O) groups excluding carboxylic acids is 3. The van der Waals surface area contributed by atoms with E-state index in [0.717, 1.165) is 34.2 Å². The lowest BCUT2D eigenvalue weighted by atomic mass is 9.99. The van der Waals surface area contributed by atoms with Crippen molar-refractivity contribution in [2.24, 2.45) is 5.41 Å². The normalized spacial score (nSPS) is 21.0. The van der Waals surface area contributed by atoms with Gasteiger partial charge in [-0.25, -0.2) is 15.0 Å². The molecule has 3 aromatic heterocycles. The molecule has 10 nitrogen and oxygen atoms in total. The zero-order valence-corrected chi connectivity index (χ0v) is 25.8. The number of halogens is 1. The molecule has 1 aromatic carbocycles. The Morgan fingerprint density at radius 1 is 1.10 bits per heavy atom. The van der Waals surface area contributed by atoms with E-state index in [1.807, 2.05) is 45.0 Å². The molecule has 11 heteroatoms. The minimum absolute atomic E-state index is 0.00907. The van der Waals surface area contributed by atoms with Gasteiger partial charge in [-0.1, -0.05) is 19.9 Å². The molecule has 1 aliphatic carbocycles. The number of aromatic nitrogens is 5. The van der Waals surface area contributed by atoms with E-state index in [0.29, 0.717) is 40.2 Å². The number of fused-ring (bicyclic) bond motifs is 2. The van der Waals surface area contributed by atoms with E-state index >= 15 is 0 Å². The minimum Gasteiger partial charge on any atom is -0.325 e. The number of aryl methyl sites for hydroxylation is 3. The Morgan fingerprint density at radius 2 is 1.83 bits per heavy atom. The second-order valence-electron chi connectivity index (χ2n) is 11.7. The average Bonchev–Trinajstić information content (AvgIpc) is 3.31. The first-order chi connectivity index (χ1) is 20.0. The molecular weight excluding hydrogens is 598 g/mol. The largest absolute Gasteiger partial charge is 0.325 e. The Hall–Kier alpha value is -3.99. The van der Waals surface area contributed by atoms with Crippen molar-refractivity contribution in [2.45, 2.75) is 72.5 Å². The molecule has 4 heterocycles. The Labute approximate surface area is 252 Å². The summed E-state index contributed by atoms with van der Waals surface area (Å²) in [7, 11) is 0. The fourth-order valence-corrected chi connectivity index (χ4v) is 6.47. The molecule has 0 bridgehead atoms. The molecule has 0 spiro atoms. The maximum atomic E-state index is 14.0. The molecule has 42 heavy (non-hydrogen) atoms. The third-order valence-corrected chi connectivity index (χ3v) is 9.01. The van der Waals surface area contributed by atoms with Crippen molar-refractivity contribution in [3.63, 3.8) is 0 Å². The molecular formula is C31H32BrN7O3. The molecule has 1 N–H and O–H groups in total. The van der Waals surface area contributed by atoms with Crippen LogP contribution >= 0.6 is 15.9 Å².